The first kappa shape index (κ1) is 16.5. The monoisotopic (exact) mass is 346 g/mol. The summed E-state index contributed by atoms with van der Waals surface area (Å²) in [5.74, 6) is 0.852. The average molecular weight is 346 g/mol. The molecule has 3 aromatic heterocycles. The highest BCUT2D eigenvalue weighted by Crippen LogP contribution is 2.23. The van der Waals surface area contributed by atoms with E-state index in [1.54, 1.807) is 12.4 Å². The molecule has 4 rings (SSSR count). The lowest BCUT2D eigenvalue weighted by atomic mass is 10.1. The molecule has 0 atom stereocenters. The molecule has 0 fully saturated rings. The Morgan fingerprint density at radius 1 is 1.12 bits per heavy atom. The van der Waals surface area contributed by atoms with Crippen LogP contribution in [0.2, 0.25) is 0 Å². The number of hydrogen-bond acceptors (Lipinski definition) is 4. The molecular formula is C21H22N4O. The van der Waals surface area contributed by atoms with Gasteiger partial charge in [-0.15, -0.1) is 0 Å². The van der Waals surface area contributed by atoms with Crippen molar-refractivity contribution in [1.82, 2.24) is 19.6 Å². The number of fused-ring (bicyclic) bond motifs is 1. The molecule has 0 saturated carbocycles. The van der Waals surface area contributed by atoms with Gasteiger partial charge in [-0.2, -0.15) is 0 Å². The summed E-state index contributed by atoms with van der Waals surface area (Å²) in [6.45, 7) is 4.71. The van der Waals surface area contributed by atoms with Gasteiger partial charge in [-0.05, 0) is 43.8 Å². The van der Waals surface area contributed by atoms with Gasteiger partial charge in [0.2, 0.25) is 0 Å². The number of aryl methyl sites for hydroxylation is 1. The maximum Gasteiger partial charge on any atom is 0.151 e. The van der Waals surface area contributed by atoms with Crippen molar-refractivity contribution in [3.05, 3.63) is 72.4 Å². The van der Waals surface area contributed by atoms with E-state index in [1.165, 1.54) is 16.5 Å². The van der Waals surface area contributed by atoms with Crippen molar-refractivity contribution in [2.75, 3.05) is 7.05 Å². The van der Waals surface area contributed by atoms with Gasteiger partial charge in [-0.1, -0.05) is 17.3 Å². The first-order valence-corrected chi connectivity index (χ1v) is 8.86. The summed E-state index contributed by atoms with van der Waals surface area (Å²) in [6.07, 6.45) is 5.71. The van der Waals surface area contributed by atoms with Crippen LogP contribution in [-0.4, -0.2) is 26.7 Å². The minimum atomic E-state index is 0.706. The number of pyridine rings is 1. The molecular weight excluding hydrogens is 324 g/mol. The van der Waals surface area contributed by atoms with Crippen molar-refractivity contribution in [3.63, 3.8) is 0 Å². The van der Waals surface area contributed by atoms with Crippen LogP contribution in [-0.2, 0) is 19.6 Å². The van der Waals surface area contributed by atoms with E-state index in [1.807, 2.05) is 18.2 Å². The largest absolute Gasteiger partial charge is 0.359 e. The molecule has 26 heavy (non-hydrogen) atoms. The maximum absolute atomic E-state index is 5.51. The van der Waals surface area contributed by atoms with Gasteiger partial charge in [0.15, 0.2) is 5.76 Å². The minimum Gasteiger partial charge on any atom is -0.359 e. The molecule has 5 nitrogen and oxygen atoms in total. The van der Waals surface area contributed by atoms with Gasteiger partial charge in [-0.3, -0.25) is 9.88 Å². The lowest BCUT2D eigenvalue weighted by Gasteiger charge is -2.15. The molecule has 0 bridgehead atoms. The van der Waals surface area contributed by atoms with Crippen molar-refractivity contribution in [1.29, 1.82) is 0 Å². The van der Waals surface area contributed by atoms with Crippen LogP contribution in [0.15, 0.2) is 65.6 Å². The second kappa shape index (κ2) is 7.14. The van der Waals surface area contributed by atoms with Crippen LogP contribution in [0.4, 0.5) is 0 Å². The standard InChI is InChI=1S/C21H22N4O/c1-3-25-11-9-19-17(6-4-8-21(19)25)14-24(2)15-18-12-20(23-26-18)16-7-5-10-22-13-16/h4-13H,3,14-15H2,1-2H3. The minimum absolute atomic E-state index is 0.706. The Labute approximate surface area is 152 Å². The zero-order valence-electron chi connectivity index (χ0n) is 15.1. The Hall–Kier alpha value is -2.92. The van der Waals surface area contributed by atoms with Gasteiger partial charge < -0.3 is 9.09 Å². The van der Waals surface area contributed by atoms with E-state index in [9.17, 15) is 0 Å². The molecule has 0 N–H and O–H groups in total. The maximum atomic E-state index is 5.51. The molecule has 0 saturated heterocycles. The Bertz CT molecular complexity index is 1000. The zero-order chi connectivity index (χ0) is 17.9. The summed E-state index contributed by atoms with van der Waals surface area (Å²) in [6, 6.07) is 14.6. The van der Waals surface area contributed by atoms with E-state index in [0.29, 0.717) is 6.54 Å². The number of nitrogens with zero attached hydrogens (tertiary/aromatic N) is 4. The lowest BCUT2D eigenvalue weighted by molar-refractivity contribution is 0.267. The summed E-state index contributed by atoms with van der Waals surface area (Å²) in [7, 11) is 2.10. The third kappa shape index (κ3) is 3.26. The fourth-order valence-corrected chi connectivity index (χ4v) is 3.35. The zero-order valence-corrected chi connectivity index (χ0v) is 15.1. The quantitative estimate of drug-likeness (QED) is 0.521. The van der Waals surface area contributed by atoms with Gasteiger partial charge in [0, 0.05) is 54.2 Å². The van der Waals surface area contributed by atoms with E-state index in [2.05, 4.69) is 64.0 Å². The third-order valence-corrected chi connectivity index (χ3v) is 4.63. The molecule has 3 heterocycles. The molecule has 0 aliphatic heterocycles. The van der Waals surface area contributed by atoms with Crippen LogP contribution < -0.4 is 0 Å². The Balaban J connectivity index is 1.49. The topological polar surface area (TPSA) is 47.1 Å². The predicted octanol–water partition coefficient (Wildman–Crippen LogP) is 4.34. The van der Waals surface area contributed by atoms with Crippen molar-refractivity contribution in [2.45, 2.75) is 26.6 Å². The second-order valence-electron chi connectivity index (χ2n) is 6.54. The summed E-state index contributed by atoms with van der Waals surface area (Å²) in [4.78, 5) is 6.37. The molecule has 0 aliphatic rings. The van der Waals surface area contributed by atoms with Gasteiger partial charge >= 0.3 is 0 Å². The van der Waals surface area contributed by atoms with E-state index >= 15 is 0 Å². The molecule has 5 heteroatoms. The molecule has 0 unspecified atom stereocenters. The van der Waals surface area contributed by atoms with E-state index in [-0.39, 0.29) is 0 Å². The fourth-order valence-electron chi connectivity index (χ4n) is 3.35. The number of hydrogen-bond donors (Lipinski definition) is 0. The summed E-state index contributed by atoms with van der Waals surface area (Å²) < 4.78 is 7.79. The third-order valence-electron chi connectivity index (χ3n) is 4.63. The first-order valence-electron chi connectivity index (χ1n) is 8.86. The number of aromatic nitrogens is 3. The Morgan fingerprint density at radius 3 is 2.85 bits per heavy atom. The van der Waals surface area contributed by atoms with Gasteiger partial charge in [0.05, 0.1) is 6.54 Å². The van der Waals surface area contributed by atoms with Crippen LogP contribution in [0.25, 0.3) is 22.2 Å². The van der Waals surface area contributed by atoms with Crippen molar-refractivity contribution in [2.24, 2.45) is 0 Å². The van der Waals surface area contributed by atoms with Crippen LogP contribution in [0.3, 0.4) is 0 Å². The van der Waals surface area contributed by atoms with Gasteiger partial charge in [0.25, 0.3) is 0 Å². The van der Waals surface area contributed by atoms with Crippen LogP contribution in [0.5, 0.6) is 0 Å². The Morgan fingerprint density at radius 2 is 2.04 bits per heavy atom. The number of benzene rings is 1. The summed E-state index contributed by atoms with van der Waals surface area (Å²) >= 11 is 0. The smallest absolute Gasteiger partial charge is 0.151 e. The van der Waals surface area contributed by atoms with E-state index in [0.717, 1.165) is 30.1 Å². The lowest BCUT2D eigenvalue weighted by Crippen LogP contribution is -2.17. The summed E-state index contributed by atoms with van der Waals surface area (Å²) in [5.41, 5.74) is 4.40. The highest BCUT2D eigenvalue weighted by atomic mass is 16.5. The fraction of sp³-hybridized carbons (Fsp3) is 0.238. The average Bonchev–Trinajstić information content (AvgIpc) is 3.29. The highest BCUT2D eigenvalue weighted by molar-refractivity contribution is 5.83. The van der Waals surface area contributed by atoms with Crippen LogP contribution in [0.1, 0.15) is 18.2 Å². The van der Waals surface area contributed by atoms with Crippen molar-refractivity contribution >= 4 is 10.9 Å². The first-order chi connectivity index (χ1) is 12.7. The molecule has 4 aromatic rings. The summed E-state index contributed by atoms with van der Waals surface area (Å²) in [5, 5.41) is 5.48. The highest BCUT2D eigenvalue weighted by Gasteiger charge is 2.11. The second-order valence-corrected chi connectivity index (χ2v) is 6.54. The Kier molecular flexibility index (Phi) is 4.54. The molecule has 1 aromatic carbocycles. The van der Waals surface area contributed by atoms with Crippen LogP contribution >= 0.6 is 0 Å². The molecule has 132 valence electrons. The van der Waals surface area contributed by atoms with Gasteiger partial charge in [0.1, 0.15) is 5.69 Å². The van der Waals surface area contributed by atoms with E-state index < -0.39 is 0 Å². The molecule has 0 radical (unpaired) electrons. The predicted molar refractivity (Wildman–Crippen MR) is 103 cm³/mol. The molecule has 0 amide bonds. The van der Waals surface area contributed by atoms with Crippen LogP contribution in [0, 0.1) is 0 Å². The SMILES string of the molecule is CCn1ccc2c(CN(C)Cc3cc(-c4cccnc4)no3)cccc21. The number of rotatable bonds is 6. The van der Waals surface area contributed by atoms with Crippen molar-refractivity contribution in [3.8, 4) is 11.3 Å². The molecule has 0 aliphatic carbocycles. The van der Waals surface area contributed by atoms with Gasteiger partial charge in [-0.25, -0.2) is 0 Å². The van der Waals surface area contributed by atoms with Crippen molar-refractivity contribution < 1.29 is 4.52 Å². The molecule has 0 spiro atoms. The normalized spacial score (nSPS) is 11.5. The van der Waals surface area contributed by atoms with E-state index in [4.69, 9.17) is 4.52 Å².